The van der Waals surface area contributed by atoms with E-state index in [0.717, 1.165) is 55.1 Å². The van der Waals surface area contributed by atoms with Gasteiger partial charge in [0.05, 0.1) is 11.4 Å². The third-order valence-electron chi connectivity index (χ3n) is 7.67. The summed E-state index contributed by atoms with van der Waals surface area (Å²) in [7, 11) is 0. The minimum atomic E-state index is 0.124. The molecule has 8 heteroatoms. The fourth-order valence-electron chi connectivity index (χ4n) is 5.86. The van der Waals surface area contributed by atoms with Crippen LogP contribution in [0, 0.1) is 6.92 Å². The van der Waals surface area contributed by atoms with Gasteiger partial charge in [0.2, 0.25) is 5.78 Å². The molecular formula is C29H31ClN6O. The van der Waals surface area contributed by atoms with Gasteiger partial charge in [-0.1, -0.05) is 41.4 Å². The normalized spacial score (nSPS) is 19.5. The molecule has 0 radical (unpaired) electrons. The van der Waals surface area contributed by atoms with Crippen LogP contribution in [0.5, 0.6) is 0 Å². The van der Waals surface area contributed by atoms with Crippen molar-refractivity contribution in [3.8, 4) is 11.3 Å². The molecule has 2 aromatic carbocycles. The van der Waals surface area contributed by atoms with Gasteiger partial charge in [0.1, 0.15) is 0 Å². The molecule has 2 amide bonds. The Morgan fingerprint density at radius 1 is 1.05 bits per heavy atom. The zero-order valence-corrected chi connectivity index (χ0v) is 22.0. The summed E-state index contributed by atoms with van der Waals surface area (Å²) < 4.78 is 2.08. The molecule has 0 aliphatic carbocycles. The van der Waals surface area contributed by atoms with E-state index < -0.39 is 0 Å². The summed E-state index contributed by atoms with van der Waals surface area (Å²) in [6, 6.07) is 18.5. The van der Waals surface area contributed by atoms with Crippen molar-refractivity contribution in [3.05, 3.63) is 83.3 Å². The van der Waals surface area contributed by atoms with Gasteiger partial charge in [-0.25, -0.2) is 14.8 Å². The largest absolute Gasteiger partial charge is 0.325 e. The number of likely N-dealkylation sites (tertiary alicyclic amines) is 1. The number of hydrogen-bond donors (Lipinski definition) is 0. The lowest BCUT2D eigenvalue weighted by atomic mass is 10.1. The molecular weight excluding hydrogens is 484 g/mol. The van der Waals surface area contributed by atoms with Crippen molar-refractivity contribution in [2.45, 2.75) is 45.3 Å². The molecule has 0 spiro atoms. The van der Waals surface area contributed by atoms with Gasteiger partial charge in [0.25, 0.3) is 0 Å². The highest BCUT2D eigenvalue weighted by Gasteiger charge is 2.44. The number of imidazole rings is 1. The first-order valence-corrected chi connectivity index (χ1v) is 13.4. The maximum Gasteiger partial charge on any atom is 0.325 e. The second kappa shape index (κ2) is 9.80. The van der Waals surface area contributed by atoms with Crippen LogP contribution in [0.2, 0.25) is 5.02 Å². The number of carbonyl (C=O) groups is 1. The molecule has 6 rings (SSSR count). The first-order valence-electron chi connectivity index (χ1n) is 13.0. The molecule has 4 heterocycles. The van der Waals surface area contributed by atoms with E-state index >= 15 is 0 Å². The van der Waals surface area contributed by atoms with Crippen molar-refractivity contribution in [2.24, 2.45) is 0 Å². The van der Waals surface area contributed by atoms with Crippen molar-refractivity contribution in [1.82, 2.24) is 24.2 Å². The third-order valence-corrected chi connectivity index (χ3v) is 7.92. The number of hydrogen-bond acceptors (Lipinski definition) is 4. The van der Waals surface area contributed by atoms with E-state index in [1.807, 2.05) is 60.5 Å². The quantitative estimate of drug-likeness (QED) is 0.345. The van der Waals surface area contributed by atoms with Crippen LogP contribution < -0.4 is 4.90 Å². The summed E-state index contributed by atoms with van der Waals surface area (Å²) in [4.78, 5) is 29.6. The Labute approximate surface area is 222 Å². The number of halogens is 1. The maximum atomic E-state index is 13.7. The summed E-state index contributed by atoms with van der Waals surface area (Å²) >= 11 is 6.15. The molecule has 2 atom stereocenters. The maximum absolute atomic E-state index is 13.7. The van der Waals surface area contributed by atoms with E-state index in [0.29, 0.717) is 17.3 Å². The fraction of sp³-hybridized carbons (Fsp3) is 0.345. The van der Waals surface area contributed by atoms with Crippen molar-refractivity contribution in [2.75, 3.05) is 24.5 Å². The molecule has 2 bridgehead atoms. The van der Waals surface area contributed by atoms with Crippen LogP contribution in [0.3, 0.4) is 0 Å². The van der Waals surface area contributed by atoms with Crippen LogP contribution in [0.15, 0.2) is 67.0 Å². The molecule has 0 N–H and O–H groups in total. The number of fused-ring (bicyclic) bond motifs is 3. The summed E-state index contributed by atoms with van der Waals surface area (Å²) in [6.07, 6.45) is 5.88. The minimum Gasteiger partial charge on any atom is -0.316 e. The van der Waals surface area contributed by atoms with Crippen molar-refractivity contribution in [3.63, 3.8) is 0 Å². The van der Waals surface area contributed by atoms with Gasteiger partial charge in [-0.3, -0.25) is 14.2 Å². The molecule has 2 aliphatic rings. The highest BCUT2D eigenvalue weighted by Crippen LogP contribution is 2.34. The summed E-state index contributed by atoms with van der Waals surface area (Å²) in [5.74, 6) is 0.691. The highest BCUT2D eigenvalue weighted by molar-refractivity contribution is 6.30. The molecule has 2 saturated heterocycles. The van der Waals surface area contributed by atoms with Crippen LogP contribution in [0.25, 0.3) is 17.0 Å². The second-order valence-electron chi connectivity index (χ2n) is 10.1. The average molecular weight is 515 g/mol. The number of carbonyl (C=O) groups excluding carboxylic acids is 1. The van der Waals surface area contributed by atoms with Gasteiger partial charge in [-0.2, -0.15) is 0 Å². The van der Waals surface area contributed by atoms with Gasteiger partial charge in [0, 0.05) is 66.9 Å². The summed E-state index contributed by atoms with van der Waals surface area (Å²) in [5.41, 5.74) is 5.22. The number of amides is 2. The molecule has 2 aliphatic heterocycles. The van der Waals surface area contributed by atoms with E-state index in [1.54, 1.807) is 6.20 Å². The first kappa shape index (κ1) is 23.9. The average Bonchev–Trinajstić information content (AvgIpc) is 3.40. The number of rotatable bonds is 5. The van der Waals surface area contributed by atoms with E-state index in [-0.39, 0.29) is 18.1 Å². The molecule has 2 unspecified atom stereocenters. The van der Waals surface area contributed by atoms with E-state index in [9.17, 15) is 4.79 Å². The predicted octanol–water partition coefficient (Wildman–Crippen LogP) is 5.65. The zero-order valence-electron chi connectivity index (χ0n) is 21.2. The lowest BCUT2D eigenvalue weighted by Crippen LogP contribution is -2.58. The number of aryl methyl sites for hydroxylation is 1. The SMILES string of the molecule is CCN(C(=O)N1C2CCC1CN(Cc1c(-c3ccc(Cl)cc3)nc3ncccn13)C2)c1ccc(C)cc1. The van der Waals surface area contributed by atoms with Gasteiger partial charge in [-0.05, 0) is 57.0 Å². The van der Waals surface area contributed by atoms with Crippen LogP contribution in [-0.2, 0) is 6.54 Å². The van der Waals surface area contributed by atoms with Gasteiger partial charge in [0.15, 0.2) is 0 Å². The smallest absolute Gasteiger partial charge is 0.316 e. The second-order valence-corrected chi connectivity index (χ2v) is 10.5. The Kier molecular flexibility index (Phi) is 6.34. The van der Waals surface area contributed by atoms with Crippen LogP contribution in [-0.4, -0.2) is 61.9 Å². The Morgan fingerprint density at radius 3 is 2.43 bits per heavy atom. The number of urea groups is 1. The monoisotopic (exact) mass is 514 g/mol. The Hall–Kier alpha value is -3.42. The Morgan fingerprint density at radius 2 is 1.76 bits per heavy atom. The van der Waals surface area contributed by atoms with E-state index in [1.165, 1.54) is 5.56 Å². The topological polar surface area (TPSA) is 57.0 Å². The van der Waals surface area contributed by atoms with Crippen LogP contribution in [0.4, 0.5) is 10.5 Å². The summed E-state index contributed by atoms with van der Waals surface area (Å²) in [5, 5.41) is 0.705. The lowest BCUT2D eigenvalue weighted by Gasteiger charge is -2.43. The van der Waals surface area contributed by atoms with Crippen LogP contribution in [0.1, 0.15) is 31.0 Å². The first-order chi connectivity index (χ1) is 18.0. The predicted molar refractivity (Wildman–Crippen MR) is 147 cm³/mol. The van der Waals surface area contributed by atoms with E-state index in [4.69, 9.17) is 16.6 Å². The van der Waals surface area contributed by atoms with Gasteiger partial charge in [-0.15, -0.1) is 0 Å². The highest BCUT2D eigenvalue weighted by atomic mass is 35.5. The van der Waals surface area contributed by atoms with Crippen molar-refractivity contribution in [1.29, 1.82) is 0 Å². The molecule has 2 fully saturated rings. The number of aromatic nitrogens is 3. The lowest BCUT2D eigenvalue weighted by molar-refractivity contribution is 0.0865. The number of anilines is 1. The standard InChI is InChI=1S/C29H31ClN6O/c1-3-34(23-11-5-20(2)6-12-23)29(37)36-24-13-14-25(36)18-33(17-24)19-26-27(21-7-9-22(30)10-8-21)32-28-31-15-4-16-35(26)28/h4-12,15-16,24-25H,3,13-14,17-19H2,1-2H3. The van der Waals surface area contributed by atoms with Gasteiger partial charge < -0.3 is 4.90 Å². The molecule has 4 aromatic rings. The Balaban J connectivity index is 1.25. The van der Waals surface area contributed by atoms with E-state index in [2.05, 4.69) is 38.2 Å². The number of piperazine rings is 1. The molecule has 37 heavy (non-hydrogen) atoms. The number of nitrogens with zero attached hydrogens (tertiary/aromatic N) is 6. The molecule has 190 valence electrons. The number of benzene rings is 2. The Bertz CT molecular complexity index is 1400. The fourth-order valence-corrected chi connectivity index (χ4v) is 5.99. The zero-order chi connectivity index (χ0) is 25.5. The van der Waals surface area contributed by atoms with Crippen molar-refractivity contribution >= 4 is 29.1 Å². The minimum absolute atomic E-state index is 0.124. The van der Waals surface area contributed by atoms with Gasteiger partial charge >= 0.3 is 6.03 Å². The third kappa shape index (κ3) is 4.47. The van der Waals surface area contributed by atoms with Crippen molar-refractivity contribution < 1.29 is 4.79 Å². The molecule has 2 aromatic heterocycles. The molecule has 0 saturated carbocycles. The summed E-state index contributed by atoms with van der Waals surface area (Å²) in [6.45, 7) is 7.21. The van der Waals surface area contributed by atoms with Crippen LogP contribution >= 0.6 is 11.6 Å². The molecule has 7 nitrogen and oxygen atoms in total.